The van der Waals surface area contributed by atoms with Gasteiger partial charge in [-0.2, -0.15) is 0 Å². The van der Waals surface area contributed by atoms with Gasteiger partial charge in [0.05, 0.1) is 24.4 Å². The van der Waals surface area contributed by atoms with E-state index in [4.69, 9.17) is 9.72 Å². The molecule has 1 aliphatic rings. The highest BCUT2D eigenvalue weighted by atomic mass is 19.1. The van der Waals surface area contributed by atoms with E-state index in [9.17, 15) is 9.18 Å². The average Bonchev–Trinajstić information content (AvgIpc) is 3.21. The number of carbonyl (C=O) groups is 1. The molecule has 4 rings (SSSR count). The van der Waals surface area contributed by atoms with Gasteiger partial charge in [0, 0.05) is 37.8 Å². The van der Waals surface area contributed by atoms with Gasteiger partial charge in [-0.1, -0.05) is 24.3 Å². The van der Waals surface area contributed by atoms with Crippen molar-refractivity contribution in [3.63, 3.8) is 0 Å². The third-order valence-electron chi connectivity index (χ3n) is 4.96. The second-order valence-corrected chi connectivity index (χ2v) is 7.44. The maximum absolute atomic E-state index is 13.1. The van der Waals surface area contributed by atoms with Crippen LogP contribution in [0.3, 0.4) is 0 Å². The van der Waals surface area contributed by atoms with Gasteiger partial charge < -0.3 is 9.64 Å². The summed E-state index contributed by atoms with van der Waals surface area (Å²) in [5.74, 6) is 0.328. The Balaban J connectivity index is 1.66. The van der Waals surface area contributed by atoms with Crippen LogP contribution >= 0.6 is 0 Å². The van der Waals surface area contributed by atoms with Gasteiger partial charge >= 0.3 is 0 Å². The average molecular weight is 431 g/mol. The maximum Gasteiger partial charge on any atom is 0.253 e. The summed E-state index contributed by atoms with van der Waals surface area (Å²) in [7, 11) is 5.13. The smallest absolute Gasteiger partial charge is 0.253 e. The van der Waals surface area contributed by atoms with Crippen molar-refractivity contribution in [1.82, 2.24) is 19.9 Å². The minimum Gasteiger partial charge on any atom is -0.444 e. The lowest BCUT2D eigenvalue weighted by Gasteiger charge is -2.18. The van der Waals surface area contributed by atoms with E-state index < -0.39 is 6.23 Å². The van der Waals surface area contributed by atoms with E-state index in [2.05, 4.69) is 10.1 Å². The monoisotopic (exact) mass is 431 g/mol. The number of hydrogen-bond donors (Lipinski definition) is 0. The van der Waals surface area contributed by atoms with Crippen LogP contribution < -0.4 is 0 Å². The van der Waals surface area contributed by atoms with Crippen LogP contribution in [0, 0.1) is 0 Å². The first-order valence-electron chi connectivity index (χ1n) is 9.96. The standard InChI is InChI=1S/C24H22FN5O2/c1-29(2)23(31)18-9-10-19(17(13-18)11-12-25)20-14-26-15-21(27-20)24-30(3)28-22(32-24)16-7-5-4-6-8-16/h4-15,24H,1-3H3/b12-11+. The minimum atomic E-state index is -0.549. The Labute approximate surface area is 185 Å². The molecule has 1 aromatic heterocycles. The zero-order valence-corrected chi connectivity index (χ0v) is 17.9. The van der Waals surface area contributed by atoms with Crippen molar-refractivity contribution in [2.24, 2.45) is 5.10 Å². The van der Waals surface area contributed by atoms with Crippen LogP contribution in [0.1, 0.15) is 33.4 Å². The van der Waals surface area contributed by atoms with Crippen LogP contribution in [0.5, 0.6) is 0 Å². The fourth-order valence-corrected chi connectivity index (χ4v) is 3.38. The predicted octanol–water partition coefficient (Wildman–Crippen LogP) is 4.11. The first kappa shape index (κ1) is 21.2. The fourth-order valence-electron chi connectivity index (χ4n) is 3.38. The molecule has 162 valence electrons. The highest BCUT2D eigenvalue weighted by Crippen LogP contribution is 2.30. The van der Waals surface area contributed by atoms with Gasteiger partial charge in [-0.15, -0.1) is 5.10 Å². The summed E-state index contributed by atoms with van der Waals surface area (Å²) in [6.07, 6.45) is 4.39. The third kappa shape index (κ3) is 4.20. The molecule has 0 aliphatic carbocycles. The van der Waals surface area contributed by atoms with Gasteiger partial charge in [0.1, 0.15) is 5.69 Å². The number of hydrogen-bond acceptors (Lipinski definition) is 6. The summed E-state index contributed by atoms with van der Waals surface area (Å²) in [6, 6.07) is 14.7. The van der Waals surface area contributed by atoms with Gasteiger partial charge in [-0.3, -0.25) is 14.8 Å². The Morgan fingerprint density at radius 1 is 1.16 bits per heavy atom. The van der Waals surface area contributed by atoms with Crippen LogP contribution in [0.4, 0.5) is 4.39 Å². The Hall–Kier alpha value is -4.07. The second-order valence-electron chi connectivity index (χ2n) is 7.44. The predicted molar refractivity (Wildman–Crippen MR) is 120 cm³/mol. The number of hydrazone groups is 1. The van der Waals surface area contributed by atoms with Crippen molar-refractivity contribution in [3.05, 3.63) is 89.6 Å². The first-order valence-corrected chi connectivity index (χ1v) is 9.96. The lowest BCUT2D eigenvalue weighted by molar-refractivity contribution is 0.0736. The van der Waals surface area contributed by atoms with Crippen LogP contribution in [-0.2, 0) is 4.74 Å². The van der Waals surface area contributed by atoms with Crippen LogP contribution in [0.15, 0.2) is 72.4 Å². The number of carbonyl (C=O) groups excluding carboxylic acids is 1. The van der Waals surface area contributed by atoms with Crippen molar-refractivity contribution < 1.29 is 13.9 Å². The van der Waals surface area contributed by atoms with E-state index in [0.717, 1.165) is 5.56 Å². The topological polar surface area (TPSA) is 70.9 Å². The Kier molecular flexibility index (Phi) is 5.93. The van der Waals surface area contributed by atoms with E-state index in [1.165, 1.54) is 11.0 Å². The van der Waals surface area contributed by atoms with Crippen LogP contribution in [0.2, 0.25) is 0 Å². The molecule has 32 heavy (non-hydrogen) atoms. The first-order chi connectivity index (χ1) is 15.5. The molecule has 2 heterocycles. The third-order valence-corrected chi connectivity index (χ3v) is 4.96. The normalized spacial score (nSPS) is 15.6. The quantitative estimate of drug-likeness (QED) is 0.608. The molecule has 0 spiro atoms. The van der Waals surface area contributed by atoms with Gasteiger partial charge in [0.25, 0.3) is 5.91 Å². The van der Waals surface area contributed by atoms with Gasteiger partial charge in [-0.05, 0) is 35.9 Å². The molecule has 0 N–H and O–H groups in total. The zero-order valence-electron chi connectivity index (χ0n) is 17.9. The molecular weight excluding hydrogens is 409 g/mol. The highest BCUT2D eigenvalue weighted by molar-refractivity contribution is 5.96. The lowest BCUT2D eigenvalue weighted by atomic mass is 10.0. The molecule has 2 aromatic carbocycles. The summed E-state index contributed by atoms with van der Waals surface area (Å²) in [5, 5.41) is 6.15. The van der Waals surface area contributed by atoms with Gasteiger partial charge in [-0.25, -0.2) is 9.37 Å². The van der Waals surface area contributed by atoms with E-state index in [-0.39, 0.29) is 5.91 Å². The lowest BCUT2D eigenvalue weighted by Crippen LogP contribution is -2.21. The summed E-state index contributed by atoms with van der Waals surface area (Å²) < 4.78 is 19.1. The molecule has 1 amide bonds. The number of nitrogens with zero attached hydrogens (tertiary/aromatic N) is 5. The molecule has 0 radical (unpaired) electrons. The largest absolute Gasteiger partial charge is 0.444 e. The molecule has 0 bridgehead atoms. The Morgan fingerprint density at radius 2 is 1.94 bits per heavy atom. The molecular formula is C24H22FN5O2. The number of rotatable bonds is 5. The fraction of sp³-hybridized carbons (Fsp3) is 0.167. The zero-order chi connectivity index (χ0) is 22.7. The Bertz CT molecular complexity index is 1190. The van der Waals surface area contributed by atoms with Crippen molar-refractivity contribution >= 4 is 17.9 Å². The summed E-state index contributed by atoms with van der Waals surface area (Å²) in [6.45, 7) is 0. The summed E-state index contributed by atoms with van der Waals surface area (Å²) in [4.78, 5) is 22.8. The number of aromatic nitrogens is 2. The molecule has 0 saturated heterocycles. The number of benzene rings is 2. The molecule has 0 fully saturated rings. The maximum atomic E-state index is 13.1. The van der Waals surface area contributed by atoms with E-state index in [0.29, 0.717) is 40.3 Å². The van der Waals surface area contributed by atoms with E-state index in [1.54, 1.807) is 56.7 Å². The van der Waals surface area contributed by atoms with Gasteiger partial charge in [0.2, 0.25) is 12.1 Å². The second kappa shape index (κ2) is 8.97. The molecule has 1 aliphatic heterocycles. The Morgan fingerprint density at radius 3 is 2.66 bits per heavy atom. The number of amides is 1. The molecule has 0 saturated carbocycles. The van der Waals surface area contributed by atoms with Crippen molar-refractivity contribution in [3.8, 4) is 11.3 Å². The van der Waals surface area contributed by atoms with Crippen molar-refractivity contribution in [2.45, 2.75) is 6.23 Å². The summed E-state index contributed by atoms with van der Waals surface area (Å²) >= 11 is 0. The molecule has 1 atom stereocenters. The van der Waals surface area contributed by atoms with Crippen LogP contribution in [0.25, 0.3) is 17.3 Å². The highest BCUT2D eigenvalue weighted by Gasteiger charge is 2.29. The molecule has 8 heteroatoms. The van der Waals surface area contributed by atoms with Crippen LogP contribution in [-0.4, -0.2) is 52.8 Å². The molecule has 1 unspecified atom stereocenters. The number of ether oxygens (including phenoxy) is 1. The van der Waals surface area contributed by atoms with Crippen molar-refractivity contribution in [1.29, 1.82) is 0 Å². The van der Waals surface area contributed by atoms with E-state index in [1.807, 2.05) is 30.3 Å². The molecule has 3 aromatic rings. The number of halogens is 1. The van der Waals surface area contributed by atoms with Crippen molar-refractivity contribution in [2.75, 3.05) is 21.1 Å². The minimum absolute atomic E-state index is 0.170. The molecule has 7 nitrogen and oxygen atoms in total. The SMILES string of the molecule is CN(C)C(=O)c1ccc(-c2cncc(C3OC(c4ccccc4)=NN3C)n2)c(/C=C/F)c1. The summed E-state index contributed by atoms with van der Waals surface area (Å²) in [5.41, 5.74) is 3.58. The van der Waals surface area contributed by atoms with Gasteiger partial charge in [0.15, 0.2) is 0 Å². The van der Waals surface area contributed by atoms with E-state index >= 15 is 0 Å².